The standard InChI is InChI=1S/C23H20N4O5/c1-32-19-13-7-8-15(20(19)28)14-24-27-23(31)22(30)26-18-12-6-5-11-17(18)21(29)25-16-9-3-2-4-10-16/h2-14,28H,1H3,(H,25,29)(H,26,30)(H,27,31). The van der Waals surface area contributed by atoms with Gasteiger partial charge in [0.05, 0.1) is 24.6 Å². The summed E-state index contributed by atoms with van der Waals surface area (Å²) in [6.07, 6.45) is 1.17. The van der Waals surface area contributed by atoms with Crippen molar-refractivity contribution in [3.05, 3.63) is 83.9 Å². The lowest BCUT2D eigenvalue weighted by atomic mass is 10.1. The lowest BCUT2D eigenvalue weighted by molar-refractivity contribution is -0.136. The number of carbonyl (C=O) groups is 3. The van der Waals surface area contributed by atoms with Gasteiger partial charge in [-0.05, 0) is 36.4 Å². The predicted molar refractivity (Wildman–Crippen MR) is 120 cm³/mol. The summed E-state index contributed by atoms with van der Waals surface area (Å²) in [7, 11) is 1.40. The Morgan fingerprint density at radius 3 is 2.34 bits per heavy atom. The van der Waals surface area contributed by atoms with Crippen molar-refractivity contribution in [2.24, 2.45) is 5.10 Å². The van der Waals surface area contributed by atoms with Crippen LogP contribution in [0.15, 0.2) is 77.9 Å². The maximum atomic E-state index is 12.6. The number of rotatable bonds is 6. The van der Waals surface area contributed by atoms with Crippen LogP contribution in [0.3, 0.4) is 0 Å². The number of aromatic hydroxyl groups is 1. The molecule has 0 aliphatic heterocycles. The molecule has 0 saturated carbocycles. The highest BCUT2D eigenvalue weighted by molar-refractivity contribution is 6.40. The number of para-hydroxylation sites is 3. The van der Waals surface area contributed by atoms with Crippen LogP contribution < -0.4 is 20.8 Å². The predicted octanol–water partition coefficient (Wildman–Crippen LogP) is 2.74. The summed E-state index contributed by atoms with van der Waals surface area (Å²) in [5.41, 5.74) is 3.29. The Balaban J connectivity index is 1.64. The summed E-state index contributed by atoms with van der Waals surface area (Å²) in [4.78, 5) is 36.9. The smallest absolute Gasteiger partial charge is 0.329 e. The number of ether oxygens (including phenoxy) is 1. The van der Waals surface area contributed by atoms with Crippen molar-refractivity contribution in [2.75, 3.05) is 17.7 Å². The number of amides is 3. The van der Waals surface area contributed by atoms with Gasteiger partial charge in [-0.2, -0.15) is 5.10 Å². The Bertz CT molecular complexity index is 1160. The third kappa shape index (κ3) is 5.48. The van der Waals surface area contributed by atoms with Crippen molar-refractivity contribution < 1.29 is 24.2 Å². The van der Waals surface area contributed by atoms with Crippen molar-refractivity contribution in [3.63, 3.8) is 0 Å². The molecule has 32 heavy (non-hydrogen) atoms. The summed E-state index contributed by atoms with van der Waals surface area (Å²) in [5, 5.41) is 18.8. The highest BCUT2D eigenvalue weighted by atomic mass is 16.5. The molecule has 3 rings (SSSR count). The second-order valence-electron chi connectivity index (χ2n) is 6.42. The highest BCUT2D eigenvalue weighted by Crippen LogP contribution is 2.27. The number of phenols is 1. The van der Waals surface area contributed by atoms with E-state index in [1.165, 1.54) is 25.5 Å². The van der Waals surface area contributed by atoms with Crippen LogP contribution in [0.2, 0.25) is 0 Å². The molecule has 0 atom stereocenters. The van der Waals surface area contributed by atoms with Crippen LogP contribution in [-0.4, -0.2) is 36.2 Å². The summed E-state index contributed by atoms with van der Waals surface area (Å²) in [5.74, 6) is -2.43. The number of hydrogen-bond acceptors (Lipinski definition) is 6. The van der Waals surface area contributed by atoms with E-state index in [1.54, 1.807) is 54.6 Å². The van der Waals surface area contributed by atoms with E-state index >= 15 is 0 Å². The van der Waals surface area contributed by atoms with E-state index in [0.717, 1.165) is 0 Å². The first-order chi connectivity index (χ1) is 15.5. The van der Waals surface area contributed by atoms with Gasteiger partial charge >= 0.3 is 11.8 Å². The molecule has 3 aromatic carbocycles. The average molecular weight is 432 g/mol. The number of anilines is 2. The van der Waals surface area contributed by atoms with Gasteiger partial charge in [-0.3, -0.25) is 14.4 Å². The first-order valence-electron chi connectivity index (χ1n) is 9.45. The van der Waals surface area contributed by atoms with Crippen LogP contribution in [0, 0.1) is 0 Å². The third-order valence-corrected chi connectivity index (χ3v) is 4.28. The zero-order valence-corrected chi connectivity index (χ0v) is 17.0. The Labute approximate surface area is 183 Å². The number of methoxy groups -OCH3 is 1. The summed E-state index contributed by atoms with van der Waals surface area (Å²) in [6, 6.07) is 19.9. The maximum Gasteiger partial charge on any atom is 0.329 e. The van der Waals surface area contributed by atoms with Crippen molar-refractivity contribution in [1.82, 2.24) is 5.43 Å². The van der Waals surface area contributed by atoms with Gasteiger partial charge in [-0.1, -0.05) is 36.4 Å². The molecule has 3 aromatic rings. The van der Waals surface area contributed by atoms with Gasteiger partial charge in [0.1, 0.15) is 0 Å². The number of hydrazone groups is 1. The number of nitrogens with one attached hydrogen (secondary N) is 3. The minimum atomic E-state index is -1.05. The van der Waals surface area contributed by atoms with E-state index < -0.39 is 17.7 Å². The minimum absolute atomic E-state index is 0.157. The Morgan fingerprint density at radius 1 is 0.875 bits per heavy atom. The van der Waals surface area contributed by atoms with Crippen LogP contribution in [-0.2, 0) is 9.59 Å². The topological polar surface area (TPSA) is 129 Å². The molecule has 0 spiro atoms. The van der Waals surface area contributed by atoms with Gasteiger partial charge in [0, 0.05) is 11.3 Å². The molecule has 9 heteroatoms. The molecule has 0 aliphatic rings. The number of hydrogen-bond donors (Lipinski definition) is 4. The lowest BCUT2D eigenvalue weighted by Gasteiger charge is -2.11. The third-order valence-electron chi connectivity index (χ3n) is 4.28. The molecule has 0 saturated heterocycles. The molecular weight excluding hydrogens is 412 g/mol. The normalized spacial score (nSPS) is 10.4. The molecule has 0 bridgehead atoms. The largest absolute Gasteiger partial charge is 0.504 e. The highest BCUT2D eigenvalue weighted by Gasteiger charge is 2.18. The van der Waals surface area contributed by atoms with Crippen molar-refractivity contribution >= 4 is 35.3 Å². The molecule has 9 nitrogen and oxygen atoms in total. The van der Waals surface area contributed by atoms with Crippen LogP contribution >= 0.6 is 0 Å². The molecule has 4 N–H and O–H groups in total. The molecule has 0 unspecified atom stereocenters. The Morgan fingerprint density at radius 2 is 1.59 bits per heavy atom. The second-order valence-corrected chi connectivity index (χ2v) is 6.42. The zero-order valence-electron chi connectivity index (χ0n) is 17.0. The SMILES string of the molecule is COc1cccc(C=NNC(=O)C(=O)Nc2ccccc2C(=O)Nc2ccccc2)c1O. The molecule has 0 fully saturated rings. The van der Waals surface area contributed by atoms with E-state index in [9.17, 15) is 19.5 Å². The van der Waals surface area contributed by atoms with Crippen LogP contribution in [0.25, 0.3) is 0 Å². The Hall–Kier alpha value is -4.66. The van der Waals surface area contributed by atoms with Crippen LogP contribution in [0.5, 0.6) is 11.5 Å². The van der Waals surface area contributed by atoms with E-state index in [0.29, 0.717) is 5.69 Å². The number of benzene rings is 3. The quantitative estimate of drug-likeness (QED) is 0.270. The molecule has 3 amide bonds. The lowest BCUT2D eigenvalue weighted by Crippen LogP contribution is -2.33. The van der Waals surface area contributed by atoms with Gasteiger partial charge in [0.2, 0.25) is 0 Å². The molecule has 0 radical (unpaired) electrons. The minimum Gasteiger partial charge on any atom is -0.504 e. The first-order valence-corrected chi connectivity index (χ1v) is 9.45. The van der Waals surface area contributed by atoms with Crippen LogP contribution in [0.1, 0.15) is 15.9 Å². The maximum absolute atomic E-state index is 12.6. The molecule has 162 valence electrons. The Kier molecular flexibility index (Phi) is 7.16. The first kappa shape index (κ1) is 22.0. The molecule has 0 heterocycles. The van der Waals surface area contributed by atoms with Crippen molar-refractivity contribution in [1.29, 1.82) is 0 Å². The van der Waals surface area contributed by atoms with Gasteiger partial charge in [-0.15, -0.1) is 0 Å². The van der Waals surface area contributed by atoms with E-state index in [2.05, 4.69) is 21.2 Å². The molecular formula is C23H20N4O5. The van der Waals surface area contributed by atoms with Gasteiger partial charge in [0.15, 0.2) is 11.5 Å². The zero-order chi connectivity index (χ0) is 22.9. The van der Waals surface area contributed by atoms with E-state index in [-0.39, 0.29) is 28.3 Å². The van der Waals surface area contributed by atoms with Crippen molar-refractivity contribution in [3.8, 4) is 11.5 Å². The fourth-order valence-electron chi connectivity index (χ4n) is 2.71. The molecule has 0 aromatic heterocycles. The van der Waals surface area contributed by atoms with Gasteiger partial charge in [0.25, 0.3) is 5.91 Å². The number of carbonyl (C=O) groups excluding carboxylic acids is 3. The fraction of sp³-hybridized carbons (Fsp3) is 0.0435. The van der Waals surface area contributed by atoms with Crippen LogP contribution in [0.4, 0.5) is 11.4 Å². The summed E-state index contributed by atoms with van der Waals surface area (Å²) in [6.45, 7) is 0. The summed E-state index contributed by atoms with van der Waals surface area (Å²) >= 11 is 0. The van der Waals surface area contributed by atoms with Crippen molar-refractivity contribution in [2.45, 2.75) is 0 Å². The average Bonchev–Trinajstić information content (AvgIpc) is 2.81. The fourth-order valence-corrected chi connectivity index (χ4v) is 2.71. The second kappa shape index (κ2) is 10.4. The number of phenolic OH excluding ortho intramolecular Hbond substituents is 1. The van der Waals surface area contributed by atoms with Gasteiger partial charge in [-0.25, -0.2) is 5.43 Å². The van der Waals surface area contributed by atoms with E-state index in [4.69, 9.17) is 4.74 Å². The van der Waals surface area contributed by atoms with Gasteiger partial charge < -0.3 is 20.5 Å². The summed E-state index contributed by atoms with van der Waals surface area (Å²) < 4.78 is 4.99. The molecule has 0 aliphatic carbocycles. The van der Waals surface area contributed by atoms with E-state index in [1.807, 2.05) is 6.07 Å². The monoisotopic (exact) mass is 432 g/mol. The number of nitrogens with zero attached hydrogens (tertiary/aromatic N) is 1.